The Morgan fingerprint density at radius 2 is 2.24 bits per heavy atom. The first-order valence-corrected chi connectivity index (χ1v) is 8.17. The molecule has 2 N–H and O–H groups in total. The van der Waals surface area contributed by atoms with E-state index in [1.54, 1.807) is 30.9 Å². The zero-order valence-corrected chi connectivity index (χ0v) is 13.9. The molecule has 0 bridgehead atoms. The van der Waals surface area contributed by atoms with Gasteiger partial charge in [-0.3, -0.25) is 0 Å². The molecule has 0 unspecified atom stereocenters. The first-order valence-electron chi connectivity index (χ1n) is 8.17. The van der Waals surface area contributed by atoms with Crippen LogP contribution in [0.4, 0.5) is 5.82 Å². The van der Waals surface area contributed by atoms with E-state index in [0.717, 1.165) is 31.0 Å². The maximum Gasteiger partial charge on any atom is 0.185 e. The van der Waals surface area contributed by atoms with Crippen molar-refractivity contribution in [1.29, 1.82) is 0 Å². The quantitative estimate of drug-likeness (QED) is 0.740. The molecule has 8 heteroatoms. The van der Waals surface area contributed by atoms with Crippen molar-refractivity contribution < 1.29 is 5.11 Å². The molecule has 0 radical (unpaired) electrons. The van der Waals surface area contributed by atoms with Gasteiger partial charge < -0.3 is 19.9 Å². The molecule has 3 aromatic rings. The molecule has 1 fully saturated rings. The lowest BCUT2D eigenvalue weighted by Crippen LogP contribution is -2.34. The standard InChI is InChI=1S/C17H19N7O/c1-23(13-4-5-18-9-13)16-10-20-17(22-21-16)14-3-2-12(8-15(14)25)24-7-6-19-11-24/h2-3,6-8,10-11,13,18,25H,4-5,9H2,1H3/t13-/m0/s1. The number of phenolic OH excluding ortho intramolecular Hbond substituents is 1. The minimum atomic E-state index is 0.106. The summed E-state index contributed by atoms with van der Waals surface area (Å²) in [6, 6.07) is 5.73. The van der Waals surface area contributed by atoms with Gasteiger partial charge in [-0.2, -0.15) is 0 Å². The van der Waals surface area contributed by atoms with E-state index in [4.69, 9.17) is 0 Å². The van der Waals surface area contributed by atoms with Crippen LogP contribution in [0.1, 0.15) is 6.42 Å². The molecule has 3 heterocycles. The third-order valence-corrected chi connectivity index (χ3v) is 4.52. The molecule has 0 amide bonds. The van der Waals surface area contributed by atoms with E-state index in [-0.39, 0.29) is 5.75 Å². The summed E-state index contributed by atoms with van der Waals surface area (Å²) in [6.45, 7) is 1.96. The van der Waals surface area contributed by atoms with E-state index in [1.165, 1.54) is 0 Å². The number of benzene rings is 1. The first kappa shape index (κ1) is 15.5. The summed E-state index contributed by atoms with van der Waals surface area (Å²) >= 11 is 0. The maximum absolute atomic E-state index is 10.3. The Morgan fingerprint density at radius 3 is 2.88 bits per heavy atom. The number of aromatic nitrogens is 5. The molecule has 25 heavy (non-hydrogen) atoms. The van der Waals surface area contributed by atoms with E-state index in [2.05, 4.69) is 30.4 Å². The average molecular weight is 337 g/mol. The lowest BCUT2D eigenvalue weighted by molar-refractivity contribution is 0.476. The highest BCUT2D eigenvalue weighted by molar-refractivity contribution is 5.66. The lowest BCUT2D eigenvalue weighted by Gasteiger charge is -2.23. The van der Waals surface area contributed by atoms with Gasteiger partial charge in [0.15, 0.2) is 11.6 Å². The van der Waals surface area contributed by atoms with Crippen LogP contribution in [0.3, 0.4) is 0 Å². The average Bonchev–Trinajstić information content (AvgIpc) is 3.35. The Kier molecular flexibility index (Phi) is 4.02. The predicted octanol–water partition coefficient (Wildman–Crippen LogP) is 1.23. The van der Waals surface area contributed by atoms with Crippen LogP contribution >= 0.6 is 0 Å². The van der Waals surface area contributed by atoms with Crippen LogP contribution in [0.2, 0.25) is 0 Å². The molecule has 4 rings (SSSR count). The third kappa shape index (κ3) is 3.03. The van der Waals surface area contributed by atoms with Crippen LogP contribution in [-0.2, 0) is 0 Å². The second-order valence-corrected chi connectivity index (χ2v) is 6.07. The first-order chi connectivity index (χ1) is 12.2. The third-order valence-electron chi connectivity index (χ3n) is 4.52. The van der Waals surface area contributed by atoms with Crippen molar-refractivity contribution in [3.8, 4) is 22.8 Å². The molecular formula is C17H19N7O. The molecule has 0 aliphatic carbocycles. The number of likely N-dealkylation sites (N-methyl/N-ethyl adjacent to an activating group) is 1. The highest BCUT2D eigenvalue weighted by Gasteiger charge is 2.21. The number of rotatable bonds is 4. The highest BCUT2D eigenvalue weighted by atomic mass is 16.3. The van der Waals surface area contributed by atoms with E-state index in [0.29, 0.717) is 17.4 Å². The fraction of sp³-hybridized carbons (Fsp3) is 0.294. The van der Waals surface area contributed by atoms with Crippen LogP contribution in [0.25, 0.3) is 17.1 Å². The molecule has 8 nitrogen and oxygen atoms in total. The largest absolute Gasteiger partial charge is 0.507 e. The summed E-state index contributed by atoms with van der Waals surface area (Å²) in [4.78, 5) is 10.5. The van der Waals surface area contributed by atoms with Gasteiger partial charge in [0.05, 0.1) is 23.8 Å². The van der Waals surface area contributed by atoms with Gasteiger partial charge >= 0.3 is 0 Å². The monoisotopic (exact) mass is 337 g/mol. The second-order valence-electron chi connectivity index (χ2n) is 6.07. The minimum Gasteiger partial charge on any atom is -0.507 e. The van der Waals surface area contributed by atoms with Crippen LogP contribution in [0.15, 0.2) is 43.1 Å². The number of nitrogens with one attached hydrogen (secondary N) is 1. The van der Waals surface area contributed by atoms with Gasteiger partial charge in [0.25, 0.3) is 0 Å². The Morgan fingerprint density at radius 1 is 1.32 bits per heavy atom. The van der Waals surface area contributed by atoms with Gasteiger partial charge in [-0.15, -0.1) is 10.2 Å². The fourth-order valence-corrected chi connectivity index (χ4v) is 2.99. The van der Waals surface area contributed by atoms with E-state index >= 15 is 0 Å². The topological polar surface area (TPSA) is 92.0 Å². The zero-order valence-electron chi connectivity index (χ0n) is 13.9. The number of hydrogen-bond acceptors (Lipinski definition) is 7. The molecule has 1 saturated heterocycles. The van der Waals surface area contributed by atoms with Crippen LogP contribution < -0.4 is 10.2 Å². The van der Waals surface area contributed by atoms with Gasteiger partial charge in [0, 0.05) is 38.1 Å². The second kappa shape index (κ2) is 6.48. The van der Waals surface area contributed by atoms with Crippen molar-refractivity contribution >= 4 is 5.82 Å². The van der Waals surface area contributed by atoms with Crippen molar-refractivity contribution in [2.24, 2.45) is 0 Å². The minimum absolute atomic E-state index is 0.106. The molecule has 1 atom stereocenters. The van der Waals surface area contributed by atoms with Crippen molar-refractivity contribution in [3.63, 3.8) is 0 Å². The molecule has 0 spiro atoms. The predicted molar refractivity (Wildman–Crippen MR) is 93.7 cm³/mol. The molecule has 1 aliphatic heterocycles. The van der Waals surface area contributed by atoms with Crippen molar-refractivity contribution in [1.82, 2.24) is 30.0 Å². The van der Waals surface area contributed by atoms with Crippen LogP contribution in [0, 0.1) is 0 Å². The number of nitrogens with zero attached hydrogens (tertiary/aromatic N) is 6. The van der Waals surface area contributed by atoms with Crippen LogP contribution in [0.5, 0.6) is 5.75 Å². The smallest absolute Gasteiger partial charge is 0.185 e. The van der Waals surface area contributed by atoms with Gasteiger partial charge in [0.2, 0.25) is 0 Å². The number of hydrogen-bond donors (Lipinski definition) is 2. The van der Waals surface area contributed by atoms with Gasteiger partial charge in [-0.1, -0.05) is 0 Å². The summed E-state index contributed by atoms with van der Waals surface area (Å²) in [5.41, 5.74) is 1.37. The molecular weight excluding hydrogens is 318 g/mol. The van der Waals surface area contributed by atoms with E-state index in [1.807, 2.05) is 23.9 Å². The summed E-state index contributed by atoms with van der Waals surface area (Å²) < 4.78 is 1.82. The lowest BCUT2D eigenvalue weighted by atomic mass is 10.1. The normalized spacial score (nSPS) is 16.9. The maximum atomic E-state index is 10.3. The number of imidazole rings is 1. The Balaban J connectivity index is 1.57. The Bertz CT molecular complexity index is 842. The molecule has 2 aromatic heterocycles. The Labute approximate surface area is 145 Å². The molecule has 128 valence electrons. The molecule has 0 saturated carbocycles. The molecule has 1 aliphatic rings. The van der Waals surface area contributed by atoms with Crippen molar-refractivity contribution in [2.45, 2.75) is 12.5 Å². The molecule has 1 aromatic carbocycles. The summed E-state index contributed by atoms with van der Waals surface area (Å²) in [5.74, 6) is 1.23. The van der Waals surface area contributed by atoms with E-state index < -0.39 is 0 Å². The van der Waals surface area contributed by atoms with Crippen molar-refractivity contribution in [2.75, 3.05) is 25.0 Å². The van der Waals surface area contributed by atoms with Gasteiger partial charge in [-0.25, -0.2) is 9.97 Å². The van der Waals surface area contributed by atoms with E-state index in [9.17, 15) is 5.11 Å². The Hall–Kier alpha value is -3.00. The van der Waals surface area contributed by atoms with Crippen molar-refractivity contribution in [3.05, 3.63) is 43.1 Å². The van der Waals surface area contributed by atoms with Gasteiger partial charge in [-0.05, 0) is 25.1 Å². The summed E-state index contributed by atoms with van der Waals surface area (Å²) in [5, 5.41) is 22.1. The SMILES string of the molecule is CN(c1cnc(-c2ccc(-n3ccnc3)cc2O)nn1)[C@H]1CCNC1. The zero-order chi connectivity index (χ0) is 17.2. The highest BCUT2D eigenvalue weighted by Crippen LogP contribution is 2.28. The number of aromatic hydroxyl groups is 1. The summed E-state index contributed by atoms with van der Waals surface area (Å²) in [6.07, 6.45) is 7.96. The number of anilines is 1. The van der Waals surface area contributed by atoms with Crippen LogP contribution in [-0.4, -0.2) is 56.0 Å². The summed E-state index contributed by atoms with van der Waals surface area (Å²) in [7, 11) is 2.00. The van der Waals surface area contributed by atoms with Gasteiger partial charge in [0.1, 0.15) is 5.75 Å². The fourth-order valence-electron chi connectivity index (χ4n) is 2.99. The number of phenols is 1.